The maximum Gasteiger partial charge on any atom is 0.303 e. The number of nitrogens with zero attached hydrogens (tertiary/aromatic N) is 2. The third kappa shape index (κ3) is 2.54. The van der Waals surface area contributed by atoms with Crippen LogP contribution in [0.3, 0.4) is 0 Å². The lowest BCUT2D eigenvalue weighted by Crippen LogP contribution is -2.44. The highest BCUT2D eigenvalue weighted by Gasteiger charge is 2.43. The lowest BCUT2D eigenvalue weighted by molar-refractivity contribution is -0.138. The van der Waals surface area contributed by atoms with Crippen molar-refractivity contribution in [1.29, 1.82) is 0 Å². The molecule has 3 atom stereocenters. The molecule has 19 heavy (non-hydrogen) atoms. The van der Waals surface area contributed by atoms with Crippen molar-refractivity contribution >= 4 is 17.3 Å². The van der Waals surface area contributed by atoms with E-state index < -0.39 is 5.97 Å². The van der Waals surface area contributed by atoms with Gasteiger partial charge in [-0.3, -0.25) is 9.69 Å². The molecule has 0 saturated carbocycles. The van der Waals surface area contributed by atoms with Crippen LogP contribution in [0.25, 0.3) is 0 Å². The van der Waals surface area contributed by atoms with Crippen LogP contribution in [0, 0.1) is 5.92 Å². The zero-order valence-corrected chi connectivity index (χ0v) is 12.0. The minimum atomic E-state index is -0.648. The van der Waals surface area contributed by atoms with E-state index in [4.69, 9.17) is 5.11 Å². The second-order valence-electron chi connectivity index (χ2n) is 5.86. The Labute approximate surface area is 117 Å². The van der Waals surface area contributed by atoms with Gasteiger partial charge in [-0.15, -0.1) is 11.3 Å². The fraction of sp³-hybridized carbons (Fsp3) is 0.714. The van der Waals surface area contributed by atoms with E-state index in [-0.39, 0.29) is 0 Å². The normalized spacial score (nSPS) is 32.4. The fourth-order valence-corrected chi connectivity index (χ4v) is 4.59. The first-order chi connectivity index (χ1) is 9.15. The van der Waals surface area contributed by atoms with Gasteiger partial charge in [0.25, 0.3) is 0 Å². The number of hydrogen-bond donors (Lipinski definition) is 1. The molecular formula is C14H20N2O2S. The number of thiazole rings is 1. The Hall–Kier alpha value is -0.940. The Morgan fingerprint density at radius 3 is 2.74 bits per heavy atom. The third-order valence-corrected chi connectivity index (χ3v) is 5.28. The molecule has 5 heteroatoms. The largest absolute Gasteiger partial charge is 0.481 e. The Balaban J connectivity index is 1.71. The van der Waals surface area contributed by atoms with Crippen LogP contribution >= 0.6 is 11.3 Å². The smallest absolute Gasteiger partial charge is 0.303 e. The first-order valence-corrected chi connectivity index (χ1v) is 7.96. The van der Waals surface area contributed by atoms with Crippen molar-refractivity contribution in [2.24, 2.45) is 5.92 Å². The van der Waals surface area contributed by atoms with Crippen molar-refractivity contribution in [2.75, 3.05) is 0 Å². The van der Waals surface area contributed by atoms with Gasteiger partial charge in [-0.2, -0.15) is 0 Å². The number of aliphatic carboxylic acids is 1. The summed E-state index contributed by atoms with van der Waals surface area (Å²) in [7, 11) is 0. The van der Waals surface area contributed by atoms with E-state index in [1.807, 2.05) is 5.51 Å². The Morgan fingerprint density at radius 2 is 2.21 bits per heavy atom. The second-order valence-corrected chi connectivity index (χ2v) is 6.58. The van der Waals surface area contributed by atoms with E-state index in [2.05, 4.69) is 22.2 Å². The van der Waals surface area contributed by atoms with Gasteiger partial charge in [-0.05, 0) is 38.5 Å². The molecule has 1 aromatic heterocycles. The van der Waals surface area contributed by atoms with Crippen LogP contribution in [-0.4, -0.2) is 33.0 Å². The molecule has 2 aliphatic heterocycles. The van der Waals surface area contributed by atoms with Crippen LogP contribution in [-0.2, 0) is 4.79 Å². The summed E-state index contributed by atoms with van der Waals surface area (Å²) in [5.74, 6) is -0.278. The lowest BCUT2D eigenvalue weighted by atomic mass is 9.87. The van der Waals surface area contributed by atoms with Crippen LogP contribution in [0.1, 0.15) is 50.8 Å². The third-order valence-electron chi connectivity index (χ3n) is 4.68. The first-order valence-electron chi connectivity index (χ1n) is 7.02. The summed E-state index contributed by atoms with van der Waals surface area (Å²) < 4.78 is 0. The summed E-state index contributed by atoms with van der Waals surface area (Å²) in [5, 5.41) is 11.1. The number of hydrogen-bond acceptors (Lipinski definition) is 4. The highest BCUT2D eigenvalue weighted by Crippen LogP contribution is 2.44. The molecule has 1 aromatic rings. The summed E-state index contributed by atoms with van der Waals surface area (Å²) in [6, 6.07) is 1.48. The molecule has 0 amide bonds. The Morgan fingerprint density at radius 1 is 1.53 bits per heavy atom. The molecule has 2 aliphatic rings. The molecule has 2 fully saturated rings. The van der Waals surface area contributed by atoms with Gasteiger partial charge < -0.3 is 5.11 Å². The van der Waals surface area contributed by atoms with Crippen LogP contribution in [0.4, 0.5) is 0 Å². The summed E-state index contributed by atoms with van der Waals surface area (Å²) in [5.41, 5.74) is 3.06. The molecular weight excluding hydrogens is 260 g/mol. The van der Waals surface area contributed by atoms with Gasteiger partial charge in [0.1, 0.15) is 0 Å². The molecule has 3 rings (SSSR count). The molecule has 0 aromatic carbocycles. The lowest BCUT2D eigenvalue weighted by Gasteiger charge is -2.41. The maximum absolute atomic E-state index is 10.9. The standard InChI is InChI=1S/C14H20N2O2S/c1-9(13-7-19-8-15-13)16-11-2-3-12(16)5-10(4-11)6-14(17)18/h7-12H,2-6H2,1H3,(H,17,18). The predicted octanol–water partition coefficient (Wildman–Crippen LogP) is 2.92. The number of carbonyl (C=O) groups is 1. The van der Waals surface area contributed by atoms with Crippen LogP contribution < -0.4 is 0 Å². The molecule has 2 bridgehead atoms. The van der Waals surface area contributed by atoms with Gasteiger partial charge in [-0.1, -0.05) is 0 Å². The van der Waals surface area contributed by atoms with Gasteiger partial charge in [0.2, 0.25) is 0 Å². The summed E-state index contributed by atoms with van der Waals surface area (Å²) in [6.45, 7) is 2.23. The number of aromatic nitrogens is 1. The van der Waals surface area contributed by atoms with E-state index in [1.54, 1.807) is 11.3 Å². The van der Waals surface area contributed by atoms with Crippen LogP contribution in [0.5, 0.6) is 0 Å². The van der Waals surface area contributed by atoms with Gasteiger partial charge in [0.05, 0.1) is 17.2 Å². The van der Waals surface area contributed by atoms with Crippen molar-refractivity contribution in [2.45, 2.75) is 57.2 Å². The molecule has 0 radical (unpaired) electrons. The van der Waals surface area contributed by atoms with E-state index >= 15 is 0 Å². The van der Waals surface area contributed by atoms with Gasteiger partial charge in [-0.25, -0.2) is 4.98 Å². The van der Waals surface area contributed by atoms with Crippen molar-refractivity contribution in [3.8, 4) is 0 Å². The SMILES string of the molecule is CC(c1cscn1)N1C2CCC1CC(CC(=O)O)C2. The Bertz CT molecular complexity index is 434. The van der Waals surface area contributed by atoms with E-state index in [9.17, 15) is 4.79 Å². The molecule has 0 spiro atoms. The molecule has 0 aliphatic carbocycles. The molecule has 4 nitrogen and oxygen atoms in total. The topological polar surface area (TPSA) is 53.4 Å². The molecule has 3 heterocycles. The van der Waals surface area contributed by atoms with Crippen molar-refractivity contribution < 1.29 is 9.90 Å². The van der Waals surface area contributed by atoms with E-state index in [1.165, 1.54) is 18.5 Å². The zero-order valence-electron chi connectivity index (χ0n) is 11.2. The maximum atomic E-state index is 10.9. The molecule has 2 saturated heterocycles. The first kappa shape index (κ1) is 13.1. The quantitative estimate of drug-likeness (QED) is 0.921. The predicted molar refractivity (Wildman–Crippen MR) is 74.2 cm³/mol. The molecule has 104 valence electrons. The van der Waals surface area contributed by atoms with Crippen molar-refractivity contribution in [3.05, 3.63) is 16.6 Å². The number of fused-ring (bicyclic) bond motifs is 2. The number of rotatable bonds is 4. The van der Waals surface area contributed by atoms with Crippen LogP contribution in [0.2, 0.25) is 0 Å². The highest BCUT2D eigenvalue weighted by molar-refractivity contribution is 7.07. The van der Waals surface area contributed by atoms with Crippen LogP contribution in [0.15, 0.2) is 10.9 Å². The average molecular weight is 280 g/mol. The minimum absolute atomic E-state index is 0.339. The highest BCUT2D eigenvalue weighted by atomic mass is 32.1. The van der Waals surface area contributed by atoms with Gasteiger partial charge >= 0.3 is 5.97 Å². The molecule has 1 N–H and O–H groups in total. The van der Waals surface area contributed by atoms with Crippen molar-refractivity contribution in [1.82, 2.24) is 9.88 Å². The summed E-state index contributed by atoms with van der Waals surface area (Å²) >= 11 is 1.65. The van der Waals surface area contributed by atoms with E-state index in [0.29, 0.717) is 30.5 Å². The summed E-state index contributed by atoms with van der Waals surface area (Å²) in [6.07, 6.45) is 4.85. The Kier molecular flexibility index (Phi) is 3.58. The van der Waals surface area contributed by atoms with Gasteiger partial charge in [0, 0.05) is 23.9 Å². The fourth-order valence-electron chi connectivity index (χ4n) is 3.95. The van der Waals surface area contributed by atoms with Gasteiger partial charge in [0.15, 0.2) is 0 Å². The molecule has 3 unspecified atom stereocenters. The zero-order chi connectivity index (χ0) is 13.4. The number of piperidine rings is 1. The number of carboxylic acids is 1. The number of carboxylic acid groups (broad SMARTS) is 1. The van der Waals surface area contributed by atoms with Crippen molar-refractivity contribution in [3.63, 3.8) is 0 Å². The second kappa shape index (κ2) is 5.21. The average Bonchev–Trinajstić information content (AvgIpc) is 2.95. The van der Waals surface area contributed by atoms with E-state index in [0.717, 1.165) is 12.8 Å². The minimum Gasteiger partial charge on any atom is -0.481 e. The summed E-state index contributed by atoms with van der Waals surface area (Å²) in [4.78, 5) is 17.9. The monoisotopic (exact) mass is 280 g/mol.